The minimum Gasteiger partial charge on any atom is -0.490 e. The molecule has 1 aliphatic heterocycles. The number of hydrogen-bond acceptors (Lipinski definition) is 5. The summed E-state index contributed by atoms with van der Waals surface area (Å²) in [4.78, 5) is 16.4. The highest BCUT2D eigenvalue weighted by Crippen LogP contribution is 2.40. The van der Waals surface area contributed by atoms with Crippen molar-refractivity contribution in [2.24, 2.45) is 0 Å². The normalized spacial score (nSPS) is 14.1. The van der Waals surface area contributed by atoms with Crippen molar-refractivity contribution in [2.45, 2.75) is 32.4 Å². The van der Waals surface area contributed by atoms with E-state index in [4.69, 9.17) is 9.47 Å². The third kappa shape index (κ3) is 3.98. The Hall–Kier alpha value is -3.42. The summed E-state index contributed by atoms with van der Waals surface area (Å²) in [7, 11) is 1.41. The molecule has 0 unspecified atom stereocenters. The van der Waals surface area contributed by atoms with Crippen molar-refractivity contribution >= 4 is 11.6 Å². The van der Waals surface area contributed by atoms with Gasteiger partial charge in [-0.25, -0.2) is 0 Å². The zero-order valence-electron chi connectivity index (χ0n) is 16.6. The molecule has 0 radical (unpaired) electrons. The van der Waals surface area contributed by atoms with Crippen LogP contribution in [0.4, 0.5) is 20.4 Å². The predicted molar refractivity (Wildman–Crippen MR) is 109 cm³/mol. The molecule has 0 atom stereocenters. The second kappa shape index (κ2) is 7.78. The molecule has 3 aromatic rings. The van der Waals surface area contributed by atoms with Gasteiger partial charge in [-0.15, -0.1) is 0 Å². The van der Waals surface area contributed by atoms with Gasteiger partial charge in [-0.2, -0.15) is 13.8 Å². The van der Waals surface area contributed by atoms with Crippen LogP contribution in [0.25, 0.3) is 0 Å². The fourth-order valence-corrected chi connectivity index (χ4v) is 3.46. The van der Waals surface area contributed by atoms with E-state index in [0.29, 0.717) is 30.2 Å². The fourth-order valence-electron chi connectivity index (χ4n) is 3.46. The Kier molecular flexibility index (Phi) is 5.15. The molecule has 0 saturated carbocycles. The molecule has 2 heterocycles. The number of anilines is 2. The van der Waals surface area contributed by atoms with Crippen LogP contribution in [0.5, 0.6) is 11.5 Å². The molecule has 2 aromatic carbocycles. The van der Waals surface area contributed by atoms with Gasteiger partial charge in [0.05, 0.1) is 26.3 Å². The molecule has 6 nitrogen and oxygen atoms in total. The van der Waals surface area contributed by atoms with Crippen molar-refractivity contribution in [1.82, 2.24) is 9.55 Å². The average molecular weight is 413 g/mol. The number of fused-ring (bicyclic) bond motifs is 1. The van der Waals surface area contributed by atoms with E-state index in [1.165, 1.54) is 7.11 Å². The Balaban J connectivity index is 1.74. The minimum atomic E-state index is -3.21. The van der Waals surface area contributed by atoms with E-state index in [0.717, 1.165) is 11.1 Å². The van der Waals surface area contributed by atoms with Gasteiger partial charge in [-0.1, -0.05) is 37.3 Å². The van der Waals surface area contributed by atoms with Gasteiger partial charge >= 0.3 is 11.7 Å². The lowest BCUT2D eigenvalue weighted by molar-refractivity contribution is -0.159. The summed E-state index contributed by atoms with van der Waals surface area (Å²) < 4.78 is 39.0. The van der Waals surface area contributed by atoms with Crippen LogP contribution in [-0.4, -0.2) is 22.8 Å². The maximum absolute atomic E-state index is 13.7. The van der Waals surface area contributed by atoms with Gasteiger partial charge in [0, 0.05) is 11.3 Å². The van der Waals surface area contributed by atoms with Crippen LogP contribution >= 0.6 is 0 Å². The number of methoxy groups -OCH3 is 1. The maximum atomic E-state index is 13.7. The Morgan fingerprint density at radius 3 is 2.73 bits per heavy atom. The van der Waals surface area contributed by atoms with Crippen LogP contribution in [0, 0.1) is 0 Å². The number of benzene rings is 2. The molecule has 0 fully saturated rings. The summed E-state index contributed by atoms with van der Waals surface area (Å²) in [5.41, 5.74) is 2.29. The molecule has 30 heavy (non-hydrogen) atoms. The third-order valence-electron chi connectivity index (χ3n) is 4.95. The number of aromatic nitrogens is 2. The molecule has 0 aliphatic carbocycles. The van der Waals surface area contributed by atoms with Gasteiger partial charge in [0.2, 0.25) is 11.7 Å². The van der Waals surface area contributed by atoms with Gasteiger partial charge < -0.3 is 19.4 Å². The smallest absolute Gasteiger partial charge is 0.402 e. The van der Waals surface area contributed by atoms with Crippen LogP contribution in [0.15, 0.2) is 53.5 Å². The van der Waals surface area contributed by atoms with Crippen LogP contribution in [0.3, 0.4) is 0 Å². The van der Waals surface area contributed by atoms with Crippen molar-refractivity contribution in [3.63, 3.8) is 0 Å². The monoisotopic (exact) mass is 413 g/mol. The molecule has 0 bridgehead atoms. The Labute approximate surface area is 172 Å². The van der Waals surface area contributed by atoms with Gasteiger partial charge in [0.1, 0.15) is 5.75 Å². The highest BCUT2D eigenvalue weighted by Gasteiger charge is 2.40. The Morgan fingerprint density at radius 1 is 1.27 bits per heavy atom. The first kappa shape index (κ1) is 19.9. The van der Waals surface area contributed by atoms with Crippen LogP contribution < -0.4 is 20.3 Å². The molecular formula is C22H21F2N3O3. The molecular weight excluding hydrogens is 392 g/mol. The Morgan fingerprint density at radius 2 is 2.03 bits per heavy atom. The van der Waals surface area contributed by atoms with E-state index in [1.54, 1.807) is 22.9 Å². The van der Waals surface area contributed by atoms with Gasteiger partial charge in [-0.05, 0) is 29.7 Å². The topological polar surface area (TPSA) is 65.4 Å². The van der Waals surface area contributed by atoms with E-state index in [9.17, 15) is 13.6 Å². The number of hydrogen-bond donors (Lipinski definition) is 1. The first-order chi connectivity index (χ1) is 14.4. The predicted octanol–water partition coefficient (Wildman–Crippen LogP) is 4.13. The molecule has 156 valence electrons. The lowest BCUT2D eigenvalue weighted by Crippen LogP contribution is -2.20. The lowest BCUT2D eigenvalue weighted by atomic mass is 10.0. The zero-order valence-corrected chi connectivity index (χ0v) is 16.6. The number of aryl methyl sites for hydroxylation is 1. The van der Waals surface area contributed by atoms with Crippen LogP contribution in [0.2, 0.25) is 0 Å². The van der Waals surface area contributed by atoms with Crippen molar-refractivity contribution < 1.29 is 18.3 Å². The first-order valence-corrected chi connectivity index (χ1v) is 9.57. The van der Waals surface area contributed by atoms with Crippen molar-refractivity contribution in [2.75, 3.05) is 12.4 Å². The fraction of sp³-hybridized carbons (Fsp3) is 0.273. The summed E-state index contributed by atoms with van der Waals surface area (Å²) in [5, 5.41) is 3.16. The summed E-state index contributed by atoms with van der Waals surface area (Å²) in [6, 6.07) is 12.9. The molecule has 1 aliphatic rings. The largest absolute Gasteiger partial charge is 0.490 e. The summed E-state index contributed by atoms with van der Waals surface area (Å²) >= 11 is 0. The third-order valence-corrected chi connectivity index (χ3v) is 4.95. The van der Waals surface area contributed by atoms with Gasteiger partial charge in [0.25, 0.3) is 0 Å². The number of nitrogens with one attached hydrogen (secondary N) is 1. The molecule has 0 amide bonds. The first-order valence-electron chi connectivity index (χ1n) is 9.57. The second-order valence-electron chi connectivity index (χ2n) is 7.06. The van der Waals surface area contributed by atoms with E-state index < -0.39 is 18.1 Å². The summed E-state index contributed by atoms with van der Waals surface area (Å²) in [6.45, 7) is 2.36. The van der Waals surface area contributed by atoms with E-state index in [1.807, 2.05) is 37.3 Å². The highest BCUT2D eigenvalue weighted by atomic mass is 19.3. The lowest BCUT2D eigenvalue weighted by Gasteiger charge is -2.17. The standard InChI is InChI=1S/C22H21F2N3O3/c1-3-15-10-18-16(11-22(23,24)30-18)9-17(15)25-21-26-20(28)19(29-2)13-27(21)12-14-7-5-4-6-8-14/h4-10,13H,3,11-12H2,1-2H3,(H,25,26,28). The number of rotatable bonds is 6. The molecule has 1 aromatic heterocycles. The molecule has 0 spiro atoms. The average Bonchev–Trinajstić information content (AvgIpc) is 3.02. The second-order valence-corrected chi connectivity index (χ2v) is 7.06. The highest BCUT2D eigenvalue weighted by molar-refractivity contribution is 5.64. The number of alkyl halides is 2. The minimum absolute atomic E-state index is 0.120. The van der Waals surface area contributed by atoms with Gasteiger partial charge in [0.15, 0.2) is 0 Å². The molecule has 4 rings (SSSR count). The SMILES string of the molecule is CCc1cc2c(cc1Nc1nc(=O)c(OC)cn1Cc1ccccc1)CC(F)(F)O2. The van der Waals surface area contributed by atoms with Crippen LogP contribution in [-0.2, 0) is 19.4 Å². The summed E-state index contributed by atoms with van der Waals surface area (Å²) in [5.74, 6) is 0.603. The Bertz CT molecular complexity index is 1130. The zero-order chi connectivity index (χ0) is 21.3. The van der Waals surface area contributed by atoms with E-state index in [2.05, 4.69) is 10.3 Å². The van der Waals surface area contributed by atoms with Crippen molar-refractivity contribution in [1.29, 1.82) is 0 Å². The quantitative estimate of drug-likeness (QED) is 0.658. The van der Waals surface area contributed by atoms with E-state index >= 15 is 0 Å². The number of nitrogens with zero attached hydrogens (tertiary/aromatic N) is 2. The van der Waals surface area contributed by atoms with Crippen molar-refractivity contribution in [3.8, 4) is 11.5 Å². The molecule has 1 N–H and O–H groups in total. The number of halogens is 2. The van der Waals surface area contributed by atoms with Gasteiger partial charge in [-0.3, -0.25) is 4.79 Å². The number of ether oxygens (including phenoxy) is 2. The van der Waals surface area contributed by atoms with Crippen molar-refractivity contribution in [3.05, 3.63) is 75.7 Å². The molecule has 0 saturated heterocycles. The van der Waals surface area contributed by atoms with Crippen LogP contribution in [0.1, 0.15) is 23.6 Å². The maximum Gasteiger partial charge on any atom is 0.402 e. The summed E-state index contributed by atoms with van der Waals surface area (Å²) in [6.07, 6.45) is -1.53. The molecule has 8 heteroatoms. The van der Waals surface area contributed by atoms with E-state index in [-0.39, 0.29) is 11.5 Å².